The van der Waals surface area contributed by atoms with Gasteiger partial charge >= 0.3 is 0 Å². The molecule has 0 unspecified atom stereocenters. The summed E-state index contributed by atoms with van der Waals surface area (Å²) in [5.41, 5.74) is 0.480. The molecule has 96 valence electrons. The molecule has 0 spiro atoms. The fourth-order valence-electron chi connectivity index (χ4n) is 1.77. The van der Waals surface area contributed by atoms with Gasteiger partial charge in [-0.3, -0.25) is 4.79 Å². The molecular weight excluding hydrogens is 196 g/mol. The van der Waals surface area contributed by atoms with Gasteiger partial charge in [0.1, 0.15) is 5.78 Å². The standard InChI is InChI=1S/C15H30O/c1-13(2)14(16)11-9-7-6-8-10-12-15(3,4)5/h13H,6-12H2,1-5H3. The lowest BCUT2D eigenvalue weighted by Crippen LogP contribution is -2.06. The van der Waals surface area contributed by atoms with Crippen molar-refractivity contribution in [2.45, 2.75) is 79.6 Å². The second kappa shape index (κ2) is 7.86. The average Bonchev–Trinajstić information content (AvgIpc) is 2.14. The molecule has 0 N–H and O–H groups in total. The van der Waals surface area contributed by atoms with Crippen LogP contribution in [0.3, 0.4) is 0 Å². The Kier molecular flexibility index (Phi) is 7.70. The van der Waals surface area contributed by atoms with Crippen molar-refractivity contribution < 1.29 is 4.79 Å². The largest absolute Gasteiger partial charge is 0.299 e. The van der Waals surface area contributed by atoms with E-state index in [2.05, 4.69) is 20.8 Å². The molecule has 0 aromatic carbocycles. The third-order valence-electron chi connectivity index (χ3n) is 2.99. The van der Waals surface area contributed by atoms with Crippen LogP contribution in [0, 0.1) is 11.3 Å². The number of carbonyl (C=O) groups is 1. The fourth-order valence-corrected chi connectivity index (χ4v) is 1.77. The number of ketones is 1. The van der Waals surface area contributed by atoms with E-state index in [0.717, 1.165) is 12.8 Å². The predicted octanol–water partition coefficient (Wildman–Crippen LogP) is 4.99. The molecule has 0 saturated carbocycles. The number of unbranched alkanes of at least 4 members (excludes halogenated alkanes) is 4. The van der Waals surface area contributed by atoms with Gasteiger partial charge in [0, 0.05) is 12.3 Å². The van der Waals surface area contributed by atoms with Crippen LogP contribution in [0.1, 0.15) is 79.6 Å². The van der Waals surface area contributed by atoms with Crippen molar-refractivity contribution in [3.05, 3.63) is 0 Å². The lowest BCUT2D eigenvalue weighted by atomic mass is 9.89. The van der Waals surface area contributed by atoms with Crippen LogP contribution in [0.2, 0.25) is 0 Å². The number of hydrogen-bond donors (Lipinski definition) is 0. The van der Waals surface area contributed by atoms with Gasteiger partial charge in [-0.1, -0.05) is 60.3 Å². The lowest BCUT2D eigenvalue weighted by Gasteiger charge is -2.17. The molecule has 0 saturated heterocycles. The van der Waals surface area contributed by atoms with Crippen molar-refractivity contribution >= 4 is 5.78 Å². The number of Topliss-reactive ketones (excluding diaryl/α,β-unsaturated/α-hetero) is 1. The molecule has 1 heteroatoms. The van der Waals surface area contributed by atoms with E-state index in [1.807, 2.05) is 13.8 Å². The molecule has 0 rings (SSSR count). The Morgan fingerprint density at radius 3 is 1.94 bits per heavy atom. The van der Waals surface area contributed by atoms with Crippen molar-refractivity contribution in [2.75, 3.05) is 0 Å². The van der Waals surface area contributed by atoms with Crippen LogP contribution >= 0.6 is 0 Å². The van der Waals surface area contributed by atoms with Gasteiger partial charge in [-0.05, 0) is 18.3 Å². The molecule has 0 fully saturated rings. The molecule has 0 aromatic heterocycles. The highest BCUT2D eigenvalue weighted by Crippen LogP contribution is 2.22. The van der Waals surface area contributed by atoms with E-state index in [-0.39, 0.29) is 5.92 Å². The maximum absolute atomic E-state index is 11.4. The average molecular weight is 226 g/mol. The molecular formula is C15H30O. The fraction of sp³-hybridized carbons (Fsp3) is 0.933. The molecule has 0 aliphatic carbocycles. The molecule has 0 aliphatic heterocycles. The molecule has 0 heterocycles. The van der Waals surface area contributed by atoms with E-state index >= 15 is 0 Å². The van der Waals surface area contributed by atoms with E-state index in [1.54, 1.807) is 0 Å². The SMILES string of the molecule is CC(C)C(=O)CCCCCCCC(C)(C)C. The second-order valence-corrected chi connectivity index (χ2v) is 6.45. The van der Waals surface area contributed by atoms with Gasteiger partial charge in [-0.25, -0.2) is 0 Å². The third-order valence-corrected chi connectivity index (χ3v) is 2.99. The first-order valence-electron chi connectivity index (χ1n) is 6.85. The Morgan fingerprint density at radius 2 is 1.44 bits per heavy atom. The molecule has 0 radical (unpaired) electrons. The smallest absolute Gasteiger partial charge is 0.135 e. The van der Waals surface area contributed by atoms with E-state index in [9.17, 15) is 4.79 Å². The zero-order valence-corrected chi connectivity index (χ0v) is 11.9. The summed E-state index contributed by atoms with van der Waals surface area (Å²) in [6, 6.07) is 0. The first-order valence-corrected chi connectivity index (χ1v) is 6.85. The van der Waals surface area contributed by atoms with Crippen LogP contribution in [0.15, 0.2) is 0 Å². The van der Waals surface area contributed by atoms with Gasteiger partial charge in [0.15, 0.2) is 0 Å². The number of hydrogen-bond acceptors (Lipinski definition) is 1. The minimum atomic E-state index is 0.223. The first-order chi connectivity index (χ1) is 7.33. The molecule has 0 bridgehead atoms. The Hall–Kier alpha value is -0.330. The van der Waals surface area contributed by atoms with Gasteiger partial charge in [-0.2, -0.15) is 0 Å². The Labute approximate surface area is 102 Å². The number of carbonyl (C=O) groups excluding carboxylic acids is 1. The quantitative estimate of drug-likeness (QED) is 0.533. The minimum absolute atomic E-state index is 0.223. The molecule has 0 aromatic rings. The summed E-state index contributed by atoms with van der Waals surface area (Å²) in [5.74, 6) is 0.649. The van der Waals surface area contributed by atoms with Crippen molar-refractivity contribution in [3.63, 3.8) is 0 Å². The van der Waals surface area contributed by atoms with E-state index < -0.39 is 0 Å². The Bertz CT molecular complexity index is 186. The normalized spacial score (nSPS) is 12.1. The monoisotopic (exact) mass is 226 g/mol. The van der Waals surface area contributed by atoms with Crippen LogP contribution in [-0.2, 0) is 4.79 Å². The summed E-state index contributed by atoms with van der Waals surface area (Å²) in [5, 5.41) is 0. The van der Waals surface area contributed by atoms with Crippen molar-refractivity contribution in [2.24, 2.45) is 11.3 Å². The Balaban J connectivity index is 3.26. The van der Waals surface area contributed by atoms with Crippen molar-refractivity contribution in [1.29, 1.82) is 0 Å². The van der Waals surface area contributed by atoms with E-state index in [4.69, 9.17) is 0 Å². The van der Waals surface area contributed by atoms with E-state index in [1.165, 1.54) is 32.1 Å². The molecule has 1 nitrogen and oxygen atoms in total. The first kappa shape index (κ1) is 15.7. The Morgan fingerprint density at radius 1 is 0.938 bits per heavy atom. The van der Waals surface area contributed by atoms with Gasteiger partial charge < -0.3 is 0 Å². The highest BCUT2D eigenvalue weighted by atomic mass is 16.1. The summed E-state index contributed by atoms with van der Waals surface area (Å²) >= 11 is 0. The van der Waals surface area contributed by atoms with Gasteiger partial charge in [0.25, 0.3) is 0 Å². The summed E-state index contributed by atoms with van der Waals surface area (Å²) in [7, 11) is 0. The van der Waals surface area contributed by atoms with Gasteiger partial charge in [0.05, 0.1) is 0 Å². The maximum Gasteiger partial charge on any atom is 0.135 e. The summed E-state index contributed by atoms with van der Waals surface area (Å²) in [4.78, 5) is 11.4. The van der Waals surface area contributed by atoms with E-state index in [0.29, 0.717) is 11.2 Å². The third kappa shape index (κ3) is 10.2. The van der Waals surface area contributed by atoms with Crippen molar-refractivity contribution in [1.82, 2.24) is 0 Å². The number of rotatable bonds is 8. The zero-order chi connectivity index (χ0) is 12.6. The van der Waals surface area contributed by atoms with Crippen LogP contribution < -0.4 is 0 Å². The highest BCUT2D eigenvalue weighted by molar-refractivity contribution is 5.80. The van der Waals surface area contributed by atoms with Crippen LogP contribution in [0.25, 0.3) is 0 Å². The molecule has 0 aliphatic rings. The topological polar surface area (TPSA) is 17.1 Å². The molecule has 0 atom stereocenters. The highest BCUT2D eigenvalue weighted by Gasteiger charge is 2.09. The van der Waals surface area contributed by atoms with Gasteiger partial charge in [0.2, 0.25) is 0 Å². The maximum atomic E-state index is 11.4. The minimum Gasteiger partial charge on any atom is -0.299 e. The lowest BCUT2D eigenvalue weighted by molar-refractivity contribution is -0.122. The summed E-state index contributed by atoms with van der Waals surface area (Å²) in [6.07, 6.45) is 8.38. The predicted molar refractivity (Wildman–Crippen MR) is 71.6 cm³/mol. The zero-order valence-electron chi connectivity index (χ0n) is 11.9. The van der Waals surface area contributed by atoms with Crippen LogP contribution in [0.4, 0.5) is 0 Å². The van der Waals surface area contributed by atoms with Gasteiger partial charge in [-0.15, -0.1) is 0 Å². The second-order valence-electron chi connectivity index (χ2n) is 6.45. The molecule has 0 amide bonds. The summed E-state index contributed by atoms with van der Waals surface area (Å²) < 4.78 is 0. The van der Waals surface area contributed by atoms with Crippen molar-refractivity contribution in [3.8, 4) is 0 Å². The van der Waals surface area contributed by atoms with Crippen LogP contribution in [-0.4, -0.2) is 5.78 Å². The van der Waals surface area contributed by atoms with Crippen LogP contribution in [0.5, 0.6) is 0 Å². The molecule has 16 heavy (non-hydrogen) atoms. The summed E-state index contributed by atoms with van der Waals surface area (Å²) in [6.45, 7) is 10.9.